The molecule has 0 aromatic carbocycles. The number of alkyl halides is 3. The normalized spacial score (nSPS) is 12.8. The molecule has 0 rings (SSSR count). The van der Waals surface area contributed by atoms with Crippen molar-refractivity contribution in [3.8, 4) is 0 Å². The van der Waals surface area contributed by atoms with Crippen LogP contribution in [0.15, 0.2) is 11.7 Å². The molecule has 0 aromatic rings. The fourth-order valence-corrected chi connectivity index (χ4v) is 1.45. The van der Waals surface area contributed by atoms with Gasteiger partial charge in [-0.2, -0.15) is 13.2 Å². The maximum absolute atomic E-state index is 11.3. The monoisotopic (exact) mass is 192 g/mol. The van der Waals surface area contributed by atoms with Crippen LogP contribution in [0.25, 0.3) is 0 Å². The first-order valence-electron chi connectivity index (χ1n) is 2.16. The van der Waals surface area contributed by atoms with E-state index in [2.05, 4.69) is 0 Å². The summed E-state index contributed by atoms with van der Waals surface area (Å²) in [5.74, 6) is -0.956. The van der Waals surface area contributed by atoms with E-state index in [9.17, 15) is 17.6 Å². The molecule has 0 fully saturated rings. The standard InChI is InChI=1S/C4H4F4S2/c5-1-2-9-10-3-4(6,7)8/h1-2H,3H2. The fourth-order valence-electron chi connectivity index (χ4n) is 0.161. The first-order chi connectivity index (χ1) is 4.56. The molecule has 0 bridgehead atoms. The zero-order valence-electron chi connectivity index (χ0n) is 4.69. The number of hydrogen-bond acceptors (Lipinski definition) is 2. The summed E-state index contributed by atoms with van der Waals surface area (Å²) in [6, 6.07) is 0. The SMILES string of the molecule is FC=CSSCC(F)(F)F. The highest BCUT2D eigenvalue weighted by Gasteiger charge is 2.26. The predicted molar refractivity (Wildman–Crippen MR) is 36.4 cm³/mol. The lowest BCUT2D eigenvalue weighted by Gasteiger charge is -2.01. The molecule has 0 aliphatic heterocycles. The van der Waals surface area contributed by atoms with Crippen LogP contribution >= 0.6 is 21.6 Å². The van der Waals surface area contributed by atoms with Crippen LogP contribution in [0, 0.1) is 0 Å². The lowest BCUT2D eigenvalue weighted by molar-refractivity contribution is -0.104. The molecular formula is C4H4F4S2. The van der Waals surface area contributed by atoms with E-state index in [1.165, 1.54) is 0 Å². The summed E-state index contributed by atoms with van der Waals surface area (Å²) in [4.78, 5) is 0. The smallest absolute Gasteiger partial charge is 0.215 e. The second kappa shape index (κ2) is 4.90. The van der Waals surface area contributed by atoms with Crippen LogP contribution in [-0.4, -0.2) is 11.9 Å². The van der Waals surface area contributed by atoms with Gasteiger partial charge in [-0.3, -0.25) is 0 Å². The van der Waals surface area contributed by atoms with E-state index in [0.29, 0.717) is 10.8 Å². The van der Waals surface area contributed by atoms with Crippen molar-refractivity contribution in [2.75, 3.05) is 5.75 Å². The van der Waals surface area contributed by atoms with E-state index >= 15 is 0 Å². The molecule has 0 unspecified atom stereocenters. The van der Waals surface area contributed by atoms with E-state index in [-0.39, 0.29) is 6.33 Å². The molecule has 0 spiro atoms. The topological polar surface area (TPSA) is 0 Å². The largest absolute Gasteiger partial charge is 0.398 e. The van der Waals surface area contributed by atoms with Crippen LogP contribution in [0.5, 0.6) is 0 Å². The fraction of sp³-hybridized carbons (Fsp3) is 0.500. The minimum atomic E-state index is -4.16. The van der Waals surface area contributed by atoms with Gasteiger partial charge in [-0.15, -0.1) is 0 Å². The maximum atomic E-state index is 11.3. The van der Waals surface area contributed by atoms with Crippen molar-refractivity contribution in [1.29, 1.82) is 0 Å². The first-order valence-corrected chi connectivity index (χ1v) is 4.55. The number of rotatable bonds is 3. The Balaban J connectivity index is 3.20. The van der Waals surface area contributed by atoms with Gasteiger partial charge in [-0.25, -0.2) is 4.39 Å². The van der Waals surface area contributed by atoms with Gasteiger partial charge in [-0.1, -0.05) is 21.6 Å². The van der Waals surface area contributed by atoms with E-state index in [0.717, 1.165) is 16.2 Å². The Bertz CT molecular complexity index is 108. The van der Waals surface area contributed by atoms with Crippen molar-refractivity contribution in [2.24, 2.45) is 0 Å². The molecule has 0 aliphatic rings. The van der Waals surface area contributed by atoms with Crippen molar-refractivity contribution in [3.05, 3.63) is 11.7 Å². The second-order valence-electron chi connectivity index (χ2n) is 1.24. The third-order valence-corrected chi connectivity index (χ3v) is 2.29. The molecule has 0 heterocycles. The molecule has 6 heteroatoms. The highest BCUT2D eigenvalue weighted by Crippen LogP contribution is 2.30. The van der Waals surface area contributed by atoms with Gasteiger partial charge >= 0.3 is 6.18 Å². The quantitative estimate of drug-likeness (QED) is 0.382. The van der Waals surface area contributed by atoms with Gasteiger partial charge < -0.3 is 0 Å². The van der Waals surface area contributed by atoms with Crippen LogP contribution in [0.4, 0.5) is 17.6 Å². The summed E-state index contributed by atoms with van der Waals surface area (Å²) >= 11 is 0. The molecule has 0 nitrogen and oxygen atoms in total. The van der Waals surface area contributed by atoms with Gasteiger partial charge in [0.15, 0.2) is 0 Å². The zero-order chi connectivity index (χ0) is 8.04. The summed E-state index contributed by atoms with van der Waals surface area (Å²) in [6.07, 6.45) is -3.96. The molecule has 0 N–H and O–H groups in total. The summed E-state index contributed by atoms with van der Waals surface area (Å²) in [5, 5.41) is 0.955. The van der Waals surface area contributed by atoms with E-state index in [1.807, 2.05) is 0 Å². The lowest BCUT2D eigenvalue weighted by Crippen LogP contribution is -2.09. The van der Waals surface area contributed by atoms with Gasteiger partial charge in [0, 0.05) is 5.41 Å². The van der Waals surface area contributed by atoms with E-state index < -0.39 is 11.9 Å². The summed E-state index contributed by atoms with van der Waals surface area (Å²) < 4.78 is 45.1. The van der Waals surface area contributed by atoms with Gasteiger partial charge in [0.05, 0.1) is 6.33 Å². The molecule has 0 aliphatic carbocycles. The number of hydrogen-bond donors (Lipinski definition) is 0. The first kappa shape index (κ1) is 10.2. The lowest BCUT2D eigenvalue weighted by atomic mass is 10.8. The van der Waals surface area contributed by atoms with Crippen molar-refractivity contribution in [1.82, 2.24) is 0 Å². The second-order valence-corrected chi connectivity index (χ2v) is 3.51. The molecule has 60 valence electrons. The third kappa shape index (κ3) is 8.16. The summed E-state index contributed by atoms with van der Waals surface area (Å²) in [7, 11) is 1.27. The molecule has 0 atom stereocenters. The van der Waals surface area contributed by atoms with Crippen molar-refractivity contribution in [2.45, 2.75) is 6.18 Å². The molecule has 10 heavy (non-hydrogen) atoms. The minimum absolute atomic E-state index is 0.202. The van der Waals surface area contributed by atoms with E-state index in [4.69, 9.17) is 0 Å². The Labute approximate surface area is 63.5 Å². The van der Waals surface area contributed by atoms with Crippen LogP contribution in [-0.2, 0) is 0 Å². The Hall–Kier alpha value is 0.160. The maximum Gasteiger partial charge on any atom is 0.398 e. The van der Waals surface area contributed by atoms with E-state index in [1.54, 1.807) is 0 Å². The number of halogens is 4. The minimum Gasteiger partial charge on any atom is -0.215 e. The summed E-state index contributed by atoms with van der Waals surface area (Å²) in [6.45, 7) is 0. The Kier molecular flexibility index (Phi) is 4.98. The van der Waals surface area contributed by atoms with Crippen LogP contribution in [0.1, 0.15) is 0 Å². The molecule has 0 saturated carbocycles. The summed E-state index contributed by atoms with van der Waals surface area (Å²) in [5.41, 5.74) is 0. The average molecular weight is 192 g/mol. The predicted octanol–water partition coefficient (Wildman–Crippen LogP) is 3.37. The molecule has 0 saturated heterocycles. The van der Waals surface area contributed by atoms with Crippen molar-refractivity contribution in [3.63, 3.8) is 0 Å². The molecule has 0 amide bonds. The third-order valence-electron chi connectivity index (χ3n) is 0.398. The highest BCUT2D eigenvalue weighted by atomic mass is 33.1. The van der Waals surface area contributed by atoms with Gasteiger partial charge in [-0.05, 0) is 0 Å². The van der Waals surface area contributed by atoms with Gasteiger partial charge in [0.2, 0.25) is 0 Å². The Morgan fingerprint density at radius 1 is 1.30 bits per heavy atom. The van der Waals surface area contributed by atoms with Crippen LogP contribution < -0.4 is 0 Å². The highest BCUT2D eigenvalue weighted by molar-refractivity contribution is 8.77. The van der Waals surface area contributed by atoms with Crippen LogP contribution in [0.3, 0.4) is 0 Å². The van der Waals surface area contributed by atoms with Crippen molar-refractivity contribution >= 4 is 21.6 Å². The molecule has 0 aromatic heterocycles. The van der Waals surface area contributed by atoms with Gasteiger partial charge in [0.25, 0.3) is 0 Å². The average Bonchev–Trinajstić information content (AvgIpc) is 1.78. The Morgan fingerprint density at radius 3 is 2.30 bits per heavy atom. The van der Waals surface area contributed by atoms with Crippen LogP contribution in [0.2, 0.25) is 0 Å². The van der Waals surface area contributed by atoms with Crippen molar-refractivity contribution < 1.29 is 17.6 Å². The molecular weight excluding hydrogens is 188 g/mol. The Morgan fingerprint density at radius 2 is 1.90 bits per heavy atom. The van der Waals surface area contributed by atoms with Gasteiger partial charge in [0.1, 0.15) is 5.75 Å². The zero-order valence-corrected chi connectivity index (χ0v) is 6.32. The molecule has 0 radical (unpaired) electrons.